The fourth-order valence-corrected chi connectivity index (χ4v) is 6.72. The molecule has 2 atom stereocenters. The molecular formula is C37H39NO5. The Labute approximate surface area is 253 Å². The van der Waals surface area contributed by atoms with E-state index in [1.165, 1.54) is 6.42 Å². The van der Waals surface area contributed by atoms with Gasteiger partial charge in [0, 0.05) is 29.3 Å². The summed E-state index contributed by atoms with van der Waals surface area (Å²) in [6.45, 7) is 2.32. The SMILES string of the molecule is COc1cc([C@H]2C(C(=O)OC3CCCCC3)=C(C)NC3=C2C(=O)C[C@H](c2ccccc2)C3)ccc1OCc1ccccc1. The molecule has 0 bridgehead atoms. The lowest BCUT2D eigenvalue weighted by atomic mass is 9.71. The maximum Gasteiger partial charge on any atom is 0.337 e. The van der Waals surface area contributed by atoms with Crippen LogP contribution in [0.1, 0.15) is 80.4 Å². The van der Waals surface area contributed by atoms with Crippen LogP contribution in [-0.2, 0) is 20.9 Å². The molecule has 0 spiro atoms. The second kappa shape index (κ2) is 12.9. The van der Waals surface area contributed by atoms with Gasteiger partial charge in [0.15, 0.2) is 17.3 Å². The number of carbonyl (C=O) groups is 2. The first-order chi connectivity index (χ1) is 21.0. The highest BCUT2D eigenvalue weighted by atomic mass is 16.5. The van der Waals surface area contributed by atoms with E-state index in [1.807, 2.05) is 73.7 Å². The Morgan fingerprint density at radius 2 is 1.58 bits per heavy atom. The van der Waals surface area contributed by atoms with Crippen molar-refractivity contribution in [2.24, 2.45) is 0 Å². The molecule has 3 aromatic rings. The van der Waals surface area contributed by atoms with Gasteiger partial charge in [-0.25, -0.2) is 4.79 Å². The number of hydrogen-bond donors (Lipinski definition) is 1. The van der Waals surface area contributed by atoms with Gasteiger partial charge in [-0.05, 0) is 73.8 Å². The summed E-state index contributed by atoms with van der Waals surface area (Å²) < 4.78 is 18.0. The predicted octanol–water partition coefficient (Wildman–Crippen LogP) is 7.51. The first-order valence-corrected chi connectivity index (χ1v) is 15.4. The molecule has 6 nitrogen and oxygen atoms in total. The lowest BCUT2D eigenvalue weighted by Crippen LogP contribution is -2.37. The predicted molar refractivity (Wildman–Crippen MR) is 166 cm³/mol. The van der Waals surface area contributed by atoms with Gasteiger partial charge in [-0.1, -0.05) is 73.2 Å². The number of ether oxygens (including phenoxy) is 3. The first kappa shape index (κ1) is 28.8. The van der Waals surface area contributed by atoms with Gasteiger partial charge in [0.2, 0.25) is 0 Å². The quantitative estimate of drug-likeness (QED) is 0.279. The van der Waals surface area contributed by atoms with Gasteiger partial charge in [0.25, 0.3) is 0 Å². The number of methoxy groups -OCH3 is 1. The van der Waals surface area contributed by atoms with Crippen molar-refractivity contribution in [2.75, 3.05) is 7.11 Å². The van der Waals surface area contributed by atoms with Gasteiger partial charge in [-0.15, -0.1) is 0 Å². The summed E-state index contributed by atoms with van der Waals surface area (Å²) in [5.41, 5.74) is 5.75. The van der Waals surface area contributed by atoms with Crippen molar-refractivity contribution >= 4 is 11.8 Å². The Morgan fingerprint density at radius 3 is 2.30 bits per heavy atom. The van der Waals surface area contributed by atoms with Gasteiger partial charge in [0.05, 0.1) is 12.7 Å². The summed E-state index contributed by atoms with van der Waals surface area (Å²) in [4.78, 5) is 27.9. The third-order valence-electron chi connectivity index (χ3n) is 8.90. The van der Waals surface area contributed by atoms with Gasteiger partial charge in [-0.3, -0.25) is 4.79 Å². The van der Waals surface area contributed by atoms with Crippen molar-refractivity contribution in [1.82, 2.24) is 5.32 Å². The number of esters is 1. The van der Waals surface area contributed by atoms with Crippen molar-refractivity contribution < 1.29 is 23.8 Å². The number of carbonyl (C=O) groups excluding carboxylic acids is 2. The van der Waals surface area contributed by atoms with E-state index in [2.05, 4.69) is 17.4 Å². The topological polar surface area (TPSA) is 73.9 Å². The molecule has 0 unspecified atom stereocenters. The Morgan fingerprint density at radius 1 is 0.860 bits per heavy atom. The maximum absolute atomic E-state index is 14.0. The van der Waals surface area contributed by atoms with Gasteiger partial charge in [0.1, 0.15) is 12.7 Å². The van der Waals surface area contributed by atoms with Crippen molar-refractivity contribution in [2.45, 2.75) is 76.4 Å². The number of dihydropyridines is 1. The van der Waals surface area contributed by atoms with Crippen LogP contribution in [0, 0.1) is 0 Å². The molecule has 3 aromatic carbocycles. The molecule has 1 aliphatic heterocycles. The van der Waals surface area contributed by atoms with Crippen LogP contribution >= 0.6 is 0 Å². The van der Waals surface area contributed by atoms with Crippen LogP contribution in [0.25, 0.3) is 0 Å². The molecule has 6 heteroatoms. The van der Waals surface area contributed by atoms with Gasteiger partial charge >= 0.3 is 5.97 Å². The number of nitrogens with one attached hydrogen (secondary N) is 1. The molecule has 0 amide bonds. The van der Waals surface area contributed by atoms with Crippen LogP contribution < -0.4 is 14.8 Å². The molecule has 0 radical (unpaired) electrons. The second-order valence-electron chi connectivity index (χ2n) is 11.8. The first-order valence-electron chi connectivity index (χ1n) is 15.4. The van der Waals surface area contributed by atoms with E-state index in [1.54, 1.807) is 7.11 Å². The zero-order chi connectivity index (χ0) is 29.8. The summed E-state index contributed by atoms with van der Waals surface area (Å²) in [6.07, 6.45) is 6.05. The number of benzene rings is 3. The Balaban J connectivity index is 1.36. The lowest BCUT2D eigenvalue weighted by Gasteiger charge is -2.37. The van der Waals surface area contributed by atoms with Crippen LogP contribution in [0.3, 0.4) is 0 Å². The number of allylic oxidation sites excluding steroid dienone is 3. The largest absolute Gasteiger partial charge is 0.493 e. The van der Waals surface area contributed by atoms with Crippen LogP contribution in [0.5, 0.6) is 11.5 Å². The van der Waals surface area contributed by atoms with Crippen molar-refractivity contribution in [3.8, 4) is 11.5 Å². The fraction of sp³-hybridized carbons (Fsp3) is 0.351. The summed E-state index contributed by atoms with van der Waals surface area (Å²) in [7, 11) is 1.61. The standard InChI is InChI=1S/C37H39NO5/c1-24-34(37(40)43-29-16-10-5-11-17-29)35(36-30(38-24)20-28(21-31(36)39)26-14-8-4-9-15-26)27-18-19-32(33(22-27)41-2)42-23-25-12-6-3-7-13-25/h3-4,6-9,12-15,18-19,22,28-29,35,38H,5,10-11,16-17,20-21,23H2,1-2H3/t28-,35+/m1/s1. The minimum atomic E-state index is -0.561. The highest BCUT2D eigenvalue weighted by Gasteiger charge is 2.42. The van der Waals surface area contributed by atoms with E-state index in [-0.39, 0.29) is 23.8 Å². The molecule has 2 aliphatic carbocycles. The average molecular weight is 578 g/mol. The normalized spacial score (nSPS) is 20.7. The minimum Gasteiger partial charge on any atom is -0.493 e. The monoisotopic (exact) mass is 577 g/mol. The Kier molecular flexibility index (Phi) is 8.64. The van der Waals surface area contributed by atoms with E-state index in [0.717, 1.165) is 53.8 Å². The molecule has 1 fully saturated rings. The summed E-state index contributed by atoms with van der Waals surface area (Å²) in [6, 6.07) is 25.9. The average Bonchev–Trinajstić information content (AvgIpc) is 3.04. The third-order valence-corrected chi connectivity index (χ3v) is 8.90. The van der Waals surface area contributed by atoms with Crippen molar-refractivity contribution in [1.29, 1.82) is 0 Å². The van der Waals surface area contributed by atoms with E-state index < -0.39 is 5.92 Å². The highest BCUT2D eigenvalue weighted by molar-refractivity contribution is 6.04. The van der Waals surface area contributed by atoms with E-state index in [9.17, 15) is 9.59 Å². The molecule has 1 saturated carbocycles. The molecule has 222 valence electrons. The molecular weight excluding hydrogens is 538 g/mol. The van der Waals surface area contributed by atoms with Crippen molar-refractivity contribution in [3.05, 3.63) is 118 Å². The molecule has 43 heavy (non-hydrogen) atoms. The molecule has 6 rings (SSSR count). The van der Waals surface area contributed by atoms with Gasteiger partial charge < -0.3 is 19.5 Å². The van der Waals surface area contributed by atoms with Crippen LogP contribution in [0.4, 0.5) is 0 Å². The van der Waals surface area contributed by atoms with Gasteiger partial charge in [-0.2, -0.15) is 0 Å². The minimum absolute atomic E-state index is 0.0476. The van der Waals surface area contributed by atoms with E-state index >= 15 is 0 Å². The third kappa shape index (κ3) is 6.24. The fourth-order valence-electron chi connectivity index (χ4n) is 6.72. The second-order valence-corrected chi connectivity index (χ2v) is 11.8. The number of ketones is 1. The van der Waals surface area contributed by atoms with Crippen LogP contribution in [0.2, 0.25) is 0 Å². The van der Waals surface area contributed by atoms with Crippen LogP contribution in [0.15, 0.2) is 101 Å². The maximum atomic E-state index is 14.0. The molecule has 3 aliphatic rings. The number of rotatable bonds is 8. The lowest BCUT2D eigenvalue weighted by molar-refractivity contribution is -0.146. The van der Waals surface area contributed by atoms with Crippen LogP contribution in [-0.4, -0.2) is 25.0 Å². The molecule has 1 heterocycles. The smallest absolute Gasteiger partial charge is 0.337 e. The summed E-state index contributed by atoms with van der Waals surface area (Å²) in [5, 5.41) is 3.48. The van der Waals surface area contributed by atoms with E-state index in [4.69, 9.17) is 14.2 Å². The molecule has 0 aromatic heterocycles. The number of Topliss-reactive ketones (excluding diaryl/α,β-unsaturated/α-hetero) is 1. The zero-order valence-electron chi connectivity index (χ0n) is 24.9. The molecule has 1 N–H and O–H groups in total. The number of hydrogen-bond acceptors (Lipinski definition) is 6. The zero-order valence-corrected chi connectivity index (χ0v) is 24.9. The van der Waals surface area contributed by atoms with Crippen molar-refractivity contribution in [3.63, 3.8) is 0 Å². The Bertz CT molecular complexity index is 1540. The molecule has 0 saturated heterocycles. The summed E-state index contributed by atoms with van der Waals surface area (Å²) >= 11 is 0. The Hall–Kier alpha value is -4.32. The summed E-state index contributed by atoms with van der Waals surface area (Å²) in [5.74, 6) is 0.365. The van der Waals surface area contributed by atoms with E-state index in [0.29, 0.717) is 42.1 Å². The highest BCUT2D eigenvalue weighted by Crippen LogP contribution is 2.47.